The van der Waals surface area contributed by atoms with E-state index in [2.05, 4.69) is 72.1 Å². The highest BCUT2D eigenvalue weighted by atomic mass is 32.2. The van der Waals surface area contributed by atoms with E-state index < -0.39 is 0 Å². The van der Waals surface area contributed by atoms with Gasteiger partial charge in [-0.2, -0.15) is 4.57 Å². The quantitative estimate of drug-likeness (QED) is 0.403. The van der Waals surface area contributed by atoms with E-state index in [-0.39, 0.29) is 0 Å². The van der Waals surface area contributed by atoms with Crippen LogP contribution in [-0.2, 0) is 0 Å². The predicted molar refractivity (Wildman–Crippen MR) is 84.5 cm³/mol. The summed E-state index contributed by atoms with van der Waals surface area (Å²) in [5.74, 6) is 0. The number of hydrogen-bond acceptors (Lipinski definition) is 2. The van der Waals surface area contributed by atoms with Crippen molar-refractivity contribution in [3.05, 3.63) is 59.9 Å². The summed E-state index contributed by atoms with van der Waals surface area (Å²) in [6.07, 6.45) is 3.99. The molecule has 0 unspecified atom stereocenters. The van der Waals surface area contributed by atoms with Gasteiger partial charge in [0.1, 0.15) is 11.2 Å². The Bertz CT molecular complexity index is 781. The van der Waals surface area contributed by atoms with Crippen LogP contribution in [0.25, 0.3) is 16.6 Å². The van der Waals surface area contributed by atoms with Crippen molar-refractivity contribution in [3.8, 4) is 5.69 Å². The topological polar surface area (TPSA) is 16.8 Å². The van der Waals surface area contributed by atoms with Crippen LogP contribution in [0.4, 0.5) is 0 Å². The van der Waals surface area contributed by atoms with Gasteiger partial charge < -0.3 is 0 Å². The molecule has 1 heterocycles. The van der Waals surface area contributed by atoms with Gasteiger partial charge in [-0.05, 0) is 48.8 Å². The third kappa shape index (κ3) is 2.18. The van der Waals surface area contributed by atoms with E-state index in [1.54, 1.807) is 11.8 Å². The fourth-order valence-electron chi connectivity index (χ4n) is 2.54. The lowest BCUT2D eigenvalue weighted by molar-refractivity contribution is -0.571. The van der Waals surface area contributed by atoms with Gasteiger partial charge in [0.05, 0.1) is 5.39 Å². The second-order valence-corrected chi connectivity index (χ2v) is 5.73. The van der Waals surface area contributed by atoms with Gasteiger partial charge in [0.25, 0.3) is 6.33 Å². The number of aromatic nitrogens is 2. The first-order valence-electron chi connectivity index (χ1n) is 6.61. The van der Waals surface area contributed by atoms with Gasteiger partial charge >= 0.3 is 0 Å². The number of hydrogen-bond donors (Lipinski definition) is 0. The first-order valence-corrected chi connectivity index (χ1v) is 7.84. The Kier molecular flexibility index (Phi) is 3.45. The summed E-state index contributed by atoms with van der Waals surface area (Å²) >= 11 is 1.68. The maximum absolute atomic E-state index is 4.59. The third-order valence-electron chi connectivity index (χ3n) is 3.49. The number of thioether (sulfide) groups is 1. The zero-order valence-electron chi connectivity index (χ0n) is 11.9. The molecule has 0 atom stereocenters. The molecule has 0 aliphatic rings. The average Bonchev–Trinajstić information content (AvgIpc) is 2.47. The maximum Gasteiger partial charge on any atom is 0.293 e. The molecule has 0 aliphatic heterocycles. The maximum atomic E-state index is 4.59. The van der Waals surface area contributed by atoms with Crippen LogP contribution >= 0.6 is 11.8 Å². The highest BCUT2D eigenvalue weighted by molar-refractivity contribution is 7.98. The number of para-hydroxylation sites is 1. The molecule has 0 saturated carbocycles. The predicted octanol–water partition coefficient (Wildman–Crippen LogP) is 3.85. The largest absolute Gasteiger partial charge is 0.293 e. The van der Waals surface area contributed by atoms with E-state index in [9.17, 15) is 0 Å². The van der Waals surface area contributed by atoms with Crippen LogP contribution in [0.2, 0.25) is 0 Å². The standard InChI is InChI=1S/C17H17N2S/c1-12-8-9-15(13(2)10-12)19-11-18-17(20-3)14-6-4-5-7-16(14)19/h4-11H,1-3H3/q+1. The molecule has 20 heavy (non-hydrogen) atoms. The molecular formula is C17H17N2S+. The summed E-state index contributed by atoms with van der Waals surface area (Å²) in [5.41, 5.74) is 4.93. The number of fused-ring (bicyclic) bond motifs is 1. The molecule has 0 spiro atoms. The first-order chi connectivity index (χ1) is 9.70. The molecule has 0 saturated heterocycles. The lowest BCUT2D eigenvalue weighted by atomic mass is 10.1. The van der Waals surface area contributed by atoms with E-state index in [4.69, 9.17) is 0 Å². The van der Waals surface area contributed by atoms with Gasteiger partial charge in [-0.25, -0.2) is 0 Å². The van der Waals surface area contributed by atoms with Crippen LogP contribution in [0.15, 0.2) is 53.8 Å². The molecule has 0 radical (unpaired) electrons. The molecule has 0 N–H and O–H groups in total. The first kappa shape index (κ1) is 13.1. The molecule has 3 aromatic rings. The number of aryl methyl sites for hydroxylation is 2. The van der Waals surface area contributed by atoms with Gasteiger partial charge in [0.2, 0.25) is 5.03 Å². The lowest BCUT2D eigenvalue weighted by Gasteiger charge is -2.08. The second kappa shape index (κ2) is 5.25. The van der Waals surface area contributed by atoms with E-state index >= 15 is 0 Å². The van der Waals surface area contributed by atoms with Crippen molar-refractivity contribution in [1.82, 2.24) is 4.98 Å². The minimum Gasteiger partial charge on any atom is -0.195 e. The van der Waals surface area contributed by atoms with Gasteiger partial charge in [-0.15, -0.1) is 0 Å². The summed E-state index contributed by atoms with van der Waals surface area (Å²) in [6, 6.07) is 14.9. The number of benzene rings is 2. The molecule has 3 rings (SSSR count). The summed E-state index contributed by atoms with van der Waals surface area (Å²) in [4.78, 5) is 4.59. The Hall–Kier alpha value is -1.87. The van der Waals surface area contributed by atoms with Gasteiger partial charge in [-0.3, -0.25) is 0 Å². The van der Waals surface area contributed by atoms with Crippen molar-refractivity contribution in [2.24, 2.45) is 0 Å². The van der Waals surface area contributed by atoms with Crippen molar-refractivity contribution in [2.45, 2.75) is 18.9 Å². The molecular weight excluding hydrogens is 264 g/mol. The highest BCUT2D eigenvalue weighted by Gasteiger charge is 2.15. The molecule has 2 aromatic carbocycles. The molecule has 100 valence electrons. The Morgan fingerprint density at radius 3 is 2.60 bits per heavy atom. The van der Waals surface area contributed by atoms with Gasteiger partial charge in [0.15, 0.2) is 0 Å². The monoisotopic (exact) mass is 281 g/mol. The summed E-state index contributed by atoms with van der Waals surface area (Å²) in [7, 11) is 0. The Morgan fingerprint density at radius 1 is 1.05 bits per heavy atom. The number of nitrogens with zero attached hydrogens (tertiary/aromatic N) is 2. The van der Waals surface area contributed by atoms with E-state index in [1.807, 2.05) is 6.33 Å². The molecule has 0 bridgehead atoms. The Labute approximate surface area is 123 Å². The highest BCUT2D eigenvalue weighted by Crippen LogP contribution is 2.22. The number of rotatable bonds is 2. The SMILES string of the molecule is CSc1nc[n+](-c2ccc(C)cc2C)c2ccccc12. The lowest BCUT2D eigenvalue weighted by Crippen LogP contribution is -2.33. The molecule has 0 fully saturated rings. The smallest absolute Gasteiger partial charge is 0.195 e. The van der Waals surface area contributed by atoms with Crippen LogP contribution in [0.1, 0.15) is 11.1 Å². The average molecular weight is 281 g/mol. The zero-order chi connectivity index (χ0) is 14.1. The summed E-state index contributed by atoms with van der Waals surface area (Å²) in [6.45, 7) is 4.27. The van der Waals surface area contributed by atoms with Crippen molar-refractivity contribution >= 4 is 22.7 Å². The fraction of sp³-hybridized carbons (Fsp3) is 0.176. The fourth-order valence-corrected chi connectivity index (χ4v) is 3.08. The second-order valence-electron chi connectivity index (χ2n) is 4.93. The minimum absolute atomic E-state index is 1.07. The molecule has 1 aromatic heterocycles. The third-order valence-corrected chi connectivity index (χ3v) is 4.20. The molecule has 2 nitrogen and oxygen atoms in total. The van der Waals surface area contributed by atoms with Gasteiger partial charge in [-0.1, -0.05) is 41.6 Å². The molecule has 3 heteroatoms. The summed E-state index contributed by atoms with van der Waals surface area (Å²) in [5, 5.41) is 2.27. The Morgan fingerprint density at radius 2 is 1.85 bits per heavy atom. The Balaban J connectivity index is 2.32. The van der Waals surface area contributed by atoms with Crippen LogP contribution < -0.4 is 4.57 Å². The van der Waals surface area contributed by atoms with Crippen molar-refractivity contribution < 1.29 is 4.57 Å². The summed E-state index contributed by atoms with van der Waals surface area (Å²) < 4.78 is 2.17. The van der Waals surface area contributed by atoms with E-state index in [0.29, 0.717) is 0 Å². The van der Waals surface area contributed by atoms with Crippen molar-refractivity contribution in [2.75, 3.05) is 6.26 Å². The minimum atomic E-state index is 1.07. The van der Waals surface area contributed by atoms with Crippen LogP contribution in [0, 0.1) is 13.8 Å². The molecule has 0 amide bonds. The zero-order valence-corrected chi connectivity index (χ0v) is 12.7. The van der Waals surface area contributed by atoms with Crippen LogP contribution in [-0.4, -0.2) is 11.2 Å². The van der Waals surface area contributed by atoms with Gasteiger partial charge in [0, 0.05) is 0 Å². The normalized spacial score (nSPS) is 10.9. The van der Waals surface area contributed by atoms with Crippen molar-refractivity contribution in [3.63, 3.8) is 0 Å². The van der Waals surface area contributed by atoms with Crippen LogP contribution in [0.3, 0.4) is 0 Å². The molecule has 0 aliphatic carbocycles. The van der Waals surface area contributed by atoms with Crippen molar-refractivity contribution in [1.29, 1.82) is 0 Å². The van der Waals surface area contributed by atoms with Crippen LogP contribution in [0.5, 0.6) is 0 Å². The van der Waals surface area contributed by atoms with E-state index in [0.717, 1.165) is 5.03 Å². The van der Waals surface area contributed by atoms with E-state index in [1.165, 1.54) is 27.7 Å².